The average Bonchev–Trinajstić information content (AvgIpc) is 2.55. The second-order valence-corrected chi connectivity index (χ2v) is 13.9. The molecule has 0 bridgehead atoms. The van der Waals surface area contributed by atoms with Gasteiger partial charge >= 0.3 is 0 Å². The summed E-state index contributed by atoms with van der Waals surface area (Å²) in [6.45, 7) is 16.8. The Morgan fingerprint density at radius 2 is 1.56 bits per heavy atom. The van der Waals surface area contributed by atoms with E-state index in [9.17, 15) is 0 Å². The van der Waals surface area contributed by atoms with Gasteiger partial charge in [-0.05, 0) is 67.1 Å². The summed E-state index contributed by atoms with van der Waals surface area (Å²) in [5, 5.41) is 2.57. The van der Waals surface area contributed by atoms with Crippen LogP contribution in [0.3, 0.4) is 0 Å². The van der Waals surface area contributed by atoms with Gasteiger partial charge in [0, 0.05) is 13.0 Å². The van der Waals surface area contributed by atoms with Crippen molar-refractivity contribution in [2.45, 2.75) is 54.3 Å². The number of hydrogen-bond acceptors (Lipinski definition) is 0. The van der Waals surface area contributed by atoms with Crippen LogP contribution < -0.4 is 9.75 Å². The maximum atomic E-state index is 15.4. The fourth-order valence-corrected chi connectivity index (χ4v) is 6.31. The number of benzene rings is 2. The Kier molecular flexibility index (Phi) is 4.46. The van der Waals surface area contributed by atoms with E-state index in [2.05, 4.69) is 57.1 Å². The summed E-state index contributed by atoms with van der Waals surface area (Å²) in [6, 6.07) is 6.54. The molecule has 0 aliphatic heterocycles. The molecule has 3 heteroatoms. The van der Waals surface area contributed by atoms with Gasteiger partial charge in [-0.15, -0.1) is 0 Å². The van der Waals surface area contributed by atoms with Crippen molar-refractivity contribution in [3.05, 3.63) is 58.0 Å². The second-order valence-electron chi connectivity index (χ2n) is 8.90. The highest BCUT2D eigenvalue weighted by molar-refractivity contribution is 6.89. The summed E-state index contributed by atoms with van der Waals surface area (Å²) >= 11 is 0. The SMILES string of the molecule is [2H]c1c(C)[n+](C)c(-c2cc(C)cc(C)c2C)c2cc(F)c([Si](C)(C)C)c(C)c12. The van der Waals surface area contributed by atoms with Crippen LogP contribution in [0.1, 0.15) is 29.3 Å². The van der Waals surface area contributed by atoms with Gasteiger partial charge in [-0.1, -0.05) is 31.3 Å². The molecule has 0 saturated carbocycles. The lowest BCUT2D eigenvalue weighted by Crippen LogP contribution is -2.42. The van der Waals surface area contributed by atoms with Crippen molar-refractivity contribution in [3.8, 4) is 11.3 Å². The van der Waals surface area contributed by atoms with Gasteiger partial charge in [0.1, 0.15) is 12.9 Å². The highest BCUT2D eigenvalue weighted by atomic mass is 28.3. The van der Waals surface area contributed by atoms with Crippen molar-refractivity contribution in [2.75, 3.05) is 0 Å². The minimum atomic E-state index is -1.88. The number of halogens is 1. The minimum absolute atomic E-state index is 0.129. The number of hydrogen-bond donors (Lipinski definition) is 0. The fraction of sp³-hybridized carbons (Fsp3) is 0.375. The van der Waals surface area contributed by atoms with Gasteiger partial charge in [-0.25, -0.2) is 4.39 Å². The predicted molar refractivity (Wildman–Crippen MR) is 117 cm³/mol. The molecular weight excluding hydrogens is 349 g/mol. The van der Waals surface area contributed by atoms with Crippen LogP contribution in [0.4, 0.5) is 4.39 Å². The van der Waals surface area contributed by atoms with Crippen LogP contribution in [0.15, 0.2) is 24.2 Å². The zero-order valence-electron chi connectivity index (χ0n) is 19.1. The molecule has 0 spiro atoms. The molecule has 0 aliphatic rings. The van der Waals surface area contributed by atoms with Crippen LogP contribution >= 0.6 is 0 Å². The second kappa shape index (κ2) is 6.56. The van der Waals surface area contributed by atoms with Crippen LogP contribution in [0.5, 0.6) is 0 Å². The lowest BCUT2D eigenvalue weighted by molar-refractivity contribution is -0.665. The smallest absolute Gasteiger partial charge is 0.207 e. The molecular formula is C24H31FNSi+. The van der Waals surface area contributed by atoms with Crippen LogP contribution in [-0.2, 0) is 7.05 Å². The lowest BCUT2D eigenvalue weighted by Gasteiger charge is -2.22. The van der Waals surface area contributed by atoms with E-state index < -0.39 is 8.07 Å². The Morgan fingerprint density at radius 3 is 2.15 bits per heavy atom. The first-order chi connectivity index (χ1) is 12.9. The Labute approximate surface area is 165 Å². The third-order valence-electron chi connectivity index (χ3n) is 5.75. The topological polar surface area (TPSA) is 3.88 Å². The first kappa shape index (κ1) is 18.4. The Morgan fingerprint density at radius 1 is 0.926 bits per heavy atom. The third-order valence-corrected chi connectivity index (χ3v) is 7.86. The van der Waals surface area contributed by atoms with Gasteiger partial charge in [0.05, 0.1) is 20.4 Å². The number of aromatic nitrogens is 1. The standard InChI is InChI=1S/C24H31FNSi/c1-14-10-15(2)17(4)20(11-14)23-21-13-22(25)24(27(7,8)9)18(5)19(21)12-16(3)26(23)6/h10-13H,1-9H3/q+1/i12D. The minimum Gasteiger partial charge on any atom is -0.207 e. The van der Waals surface area contributed by atoms with E-state index in [0.717, 1.165) is 38.5 Å². The molecule has 142 valence electrons. The summed E-state index contributed by atoms with van der Waals surface area (Å²) in [7, 11) is 0.101. The summed E-state index contributed by atoms with van der Waals surface area (Å²) in [6.07, 6.45) is 0. The molecule has 0 unspecified atom stereocenters. The quantitative estimate of drug-likeness (QED) is 0.404. The molecule has 0 amide bonds. The van der Waals surface area contributed by atoms with Crippen LogP contribution in [0, 0.1) is 40.4 Å². The van der Waals surface area contributed by atoms with E-state index in [0.29, 0.717) is 6.04 Å². The van der Waals surface area contributed by atoms with Crippen molar-refractivity contribution >= 4 is 24.0 Å². The molecule has 0 aliphatic carbocycles. The molecule has 1 heterocycles. The molecule has 1 aromatic heterocycles. The molecule has 0 N–H and O–H groups in total. The summed E-state index contributed by atoms with van der Waals surface area (Å²) in [4.78, 5) is 0. The number of aryl methyl sites for hydroxylation is 3. The Bertz CT molecular complexity index is 1130. The Hall–Kier alpha value is -2.00. The van der Waals surface area contributed by atoms with Crippen molar-refractivity contribution < 1.29 is 10.3 Å². The first-order valence-corrected chi connectivity index (χ1v) is 13.1. The average molecular weight is 382 g/mol. The third kappa shape index (κ3) is 3.23. The van der Waals surface area contributed by atoms with E-state index in [1.54, 1.807) is 6.07 Å². The molecule has 2 aromatic carbocycles. The summed E-state index contributed by atoms with van der Waals surface area (Å²) < 4.78 is 26.2. The molecule has 0 radical (unpaired) electrons. The lowest BCUT2D eigenvalue weighted by atomic mass is 9.93. The fourth-order valence-electron chi connectivity index (χ4n) is 4.27. The zero-order chi connectivity index (χ0) is 21.1. The molecule has 0 saturated heterocycles. The Balaban J connectivity index is 2.60. The van der Waals surface area contributed by atoms with Gasteiger partial charge in [0.25, 0.3) is 0 Å². The first-order valence-electron chi connectivity index (χ1n) is 10.1. The normalized spacial score (nSPS) is 12.6. The van der Waals surface area contributed by atoms with E-state index in [4.69, 9.17) is 1.37 Å². The van der Waals surface area contributed by atoms with Gasteiger partial charge in [0.2, 0.25) is 5.69 Å². The van der Waals surface area contributed by atoms with E-state index in [1.807, 2.05) is 20.9 Å². The zero-order valence-corrected chi connectivity index (χ0v) is 19.1. The maximum Gasteiger partial charge on any atom is 0.220 e. The van der Waals surface area contributed by atoms with Gasteiger partial charge < -0.3 is 0 Å². The predicted octanol–water partition coefficient (Wildman–Crippen LogP) is 5.56. The summed E-state index contributed by atoms with van der Waals surface area (Å²) in [5.41, 5.74) is 7.57. The highest BCUT2D eigenvalue weighted by Gasteiger charge is 2.28. The summed E-state index contributed by atoms with van der Waals surface area (Å²) in [5.74, 6) is -0.129. The van der Waals surface area contributed by atoms with Crippen molar-refractivity contribution in [1.82, 2.24) is 0 Å². The van der Waals surface area contributed by atoms with E-state index >= 15 is 4.39 Å². The number of pyridine rings is 1. The highest BCUT2D eigenvalue weighted by Crippen LogP contribution is 2.33. The van der Waals surface area contributed by atoms with E-state index in [-0.39, 0.29) is 5.82 Å². The van der Waals surface area contributed by atoms with Crippen molar-refractivity contribution in [1.29, 1.82) is 0 Å². The molecule has 1 nitrogen and oxygen atoms in total. The number of rotatable bonds is 2. The van der Waals surface area contributed by atoms with Crippen molar-refractivity contribution in [3.63, 3.8) is 0 Å². The molecule has 3 aromatic rings. The van der Waals surface area contributed by atoms with Crippen LogP contribution in [0.2, 0.25) is 19.6 Å². The van der Waals surface area contributed by atoms with Gasteiger partial charge in [0.15, 0.2) is 5.69 Å². The van der Waals surface area contributed by atoms with Crippen LogP contribution in [0.25, 0.3) is 22.0 Å². The van der Waals surface area contributed by atoms with Gasteiger partial charge in [-0.3, -0.25) is 0 Å². The number of fused-ring (bicyclic) bond motifs is 1. The van der Waals surface area contributed by atoms with E-state index in [1.165, 1.54) is 16.7 Å². The largest absolute Gasteiger partial charge is 0.220 e. The molecule has 27 heavy (non-hydrogen) atoms. The van der Waals surface area contributed by atoms with Crippen LogP contribution in [-0.4, -0.2) is 8.07 Å². The monoisotopic (exact) mass is 381 g/mol. The number of nitrogens with zero attached hydrogens (tertiary/aromatic N) is 1. The molecule has 3 rings (SSSR count). The maximum absolute atomic E-state index is 15.4. The van der Waals surface area contributed by atoms with Gasteiger partial charge in [-0.2, -0.15) is 4.57 Å². The van der Waals surface area contributed by atoms with Crippen molar-refractivity contribution in [2.24, 2.45) is 7.05 Å². The molecule has 0 fully saturated rings. The molecule has 0 atom stereocenters.